The minimum atomic E-state index is -0.481. The summed E-state index contributed by atoms with van der Waals surface area (Å²) in [5, 5.41) is 0. The van der Waals surface area contributed by atoms with Crippen LogP contribution < -0.4 is 15.2 Å². The van der Waals surface area contributed by atoms with Crippen LogP contribution in [0.1, 0.15) is 35.7 Å². The van der Waals surface area contributed by atoms with Crippen LogP contribution in [0.2, 0.25) is 0 Å². The summed E-state index contributed by atoms with van der Waals surface area (Å²) in [5.74, 6) is 1.71. The SMILES string of the molecule is COc1cccc(OC)c1-c1ccnc2cc(-c3cc(C(N)=O)ccc3C(C)C)oc12. The summed E-state index contributed by atoms with van der Waals surface area (Å²) >= 11 is 0. The van der Waals surface area contributed by atoms with Gasteiger partial charge in [0.15, 0.2) is 5.58 Å². The number of hydrogen-bond acceptors (Lipinski definition) is 5. The normalized spacial score (nSPS) is 11.1. The number of fused-ring (bicyclic) bond motifs is 1. The lowest BCUT2D eigenvalue weighted by Gasteiger charge is -2.13. The van der Waals surface area contributed by atoms with Gasteiger partial charge in [0, 0.05) is 29.0 Å². The highest BCUT2D eigenvalue weighted by atomic mass is 16.5. The molecule has 0 saturated carbocycles. The van der Waals surface area contributed by atoms with Crippen LogP contribution in [0.3, 0.4) is 0 Å². The van der Waals surface area contributed by atoms with Crippen molar-refractivity contribution >= 4 is 17.0 Å². The maximum absolute atomic E-state index is 11.8. The van der Waals surface area contributed by atoms with Crippen LogP contribution in [-0.2, 0) is 0 Å². The molecule has 0 saturated heterocycles. The molecule has 2 aromatic carbocycles. The van der Waals surface area contributed by atoms with Crippen molar-refractivity contribution in [3.63, 3.8) is 0 Å². The van der Waals surface area contributed by atoms with E-state index in [1.165, 1.54) is 0 Å². The summed E-state index contributed by atoms with van der Waals surface area (Å²) in [6.45, 7) is 4.18. The van der Waals surface area contributed by atoms with E-state index in [0.717, 1.165) is 22.3 Å². The molecular formula is C25H24N2O4. The number of nitrogens with zero attached hydrogens (tertiary/aromatic N) is 1. The third-order valence-electron chi connectivity index (χ3n) is 5.33. The Morgan fingerprint density at radius 3 is 2.32 bits per heavy atom. The van der Waals surface area contributed by atoms with Crippen LogP contribution in [0.5, 0.6) is 11.5 Å². The molecular weight excluding hydrogens is 392 g/mol. The molecule has 1 amide bonds. The summed E-state index contributed by atoms with van der Waals surface area (Å²) in [5.41, 5.74) is 10.7. The monoisotopic (exact) mass is 416 g/mol. The van der Waals surface area contributed by atoms with E-state index in [9.17, 15) is 4.79 Å². The molecule has 0 bridgehead atoms. The Bertz CT molecular complexity index is 1250. The van der Waals surface area contributed by atoms with Gasteiger partial charge in [-0.1, -0.05) is 26.0 Å². The molecule has 2 heterocycles. The quantitative estimate of drug-likeness (QED) is 0.455. The first-order valence-corrected chi connectivity index (χ1v) is 9.98. The second-order valence-electron chi connectivity index (χ2n) is 7.54. The first-order chi connectivity index (χ1) is 14.9. The number of methoxy groups -OCH3 is 2. The van der Waals surface area contributed by atoms with Crippen molar-refractivity contribution in [3.05, 3.63) is 65.9 Å². The average molecular weight is 416 g/mol. The van der Waals surface area contributed by atoms with Gasteiger partial charge in [-0.15, -0.1) is 0 Å². The molecule has 6 nitrogen and oxygen atoms in total. The number of rotatable bonds is 6. The van der Waals surface area contributed by atoms with Crippen LogP contribution in [0.25, 0.3) is 33.6 Å². The lowest BCUT2D eigenvalue weighted by Crippen LogP contribution is -2.11. The number of benzene rings is 2. The van der Waals surface area contributed by atoms with Gasteiger partial charge in [-0.2, -0.15) is 0 Å². The fourth-order valence-electron chi connectivity index (χ4n) is 3.81. The van der Waals surface area contributed by atoms with Crippen LogP contribution >= 0.6 is 0 Å². The second-order valence-corrected chi connectivity index (χ2v) is 7.54. The molecule has 0 unspecified atom stereocenters. The van der Waals surface area contributed by atoms with Crippen LogP contribution in [0.15, 0.2) is 59.1 Å². The molecule has 0 spiro atoms. The minimum Gasteiger partial charge on any atom is -0.496 e. The largest absolute Gasteiger partial charge is 0.496 e. The van der Waals surface area contributed by atoms with Gasteiger partial charge < -0.3 is 19.6 Å². The van der Waals surface area contributed by atoms with Gasteiger partial charge >= 0.3 is 0 Å². The summed E-state index contributed by atoms with van der Waals surface area (Å²) in [6, 6.07) is 14.8. The van der Waals surface area contributed by atoms with Crippen LogP contribution in [0, 0.1) is 0 Å². The van der Waals surface area contributed by atoms with E-state index in [-0.39, 0.29) is 5.92 Å². The number of amides is 1. The molecule has 0 aliphatic carbocycles. The van der Waals surface area contributed by atoms with E-state index in [1.54, 1.807) is 32.5 Å². The molecule has 0 aliphatic rings. The second kappa shape index (κ2) is 8.14. The van der Waals surface area contributed by atoms with Crippen molar-refractivity contribution in [3.8, 4) is 33.9 Å². The molecule has 158 valence electrons. The third-order valence-corrected chi connectivity index (χ3v) is 5.33. The van der Waals surface area contributed by atoms with Gasteiger partial charge in [0.1, 0.15) is 22.8 Å². The lowest BCUT2D eigenvalue weighted by molar-refractivity contribution is 0.100. The van der Waals surface area contributed by atoms with E-state index >= 15 is 0 Å². The number of hydrogen-bond donors (Lipinski definition) is 1. The molecule has 0 fully saturated rings. The number of furan rings is 1. The Morgan fingerprint density at radius 2 is 1.71 bits per heavy atom. The molecule has 0 atom stereocenters. The van der Waals surface area contributed by atoms with Crippen molar-refractivity contribution in [1.82, 2.24) is 4.98 Å². The average Bonchev–Trinajstić information content (AvgIpc) is 3.22. The number of pyridine rings is 1. The zero-order valence-electron chi connectivity index (χ0n) is 17.9. The maximum atomic E-state index is 11.8. The number of primary amides is 1. The molecule has 0 radical (unpaired) electrons. The highest BCUT2D eigenvalue weighted by molar-refractivity contribution is 5.97. The van der Waals surface area contributed by atoms with Gasteiger partial charge in [-0.3, -0.25) is 9.78 Å². The fraction of sp³-hybridized carbons (Fsp3) is 0.200. The Balaban J connectivity index is 1.98. The first-order valence-electron chi connectivity index (χ1n) is 9.98. The summed E-state index contributed by atoms with van der Waals surface area (Å²) in [6.07, 6.45) is 1.73. The van der Waals surface area contributed by atoms with Crippen molar-refractivity contribution in [1.29, 1.82) is 0 Å². The summed E-state index contributed by atoms with van der Waals surface area (Å²) < 4.78 is 17.5. The highest BCUT2D eigenvalue weighted by Gasteiger charge is 2.21. The molecule has 6 heteroatoms. The van der Waals surface area contributed by atoms with Gasteiger partial charge in [0.05, 0.1) is 19.8 Å². The van der Waals surface area contributed by atoms with Crippen LogP contribution in [0.4, 0.5) is 0 Å². The predicted molar refractivity (Wildman–Crippen MR) is 121 cm³/mol. The van der Waals surface area contributed by atoms with Gasteiger partial charge in [-0.25, -0.2) is 0 Å². The molecule has 4 rings (SSSR count). The van der Waals surface area contributed by atoms with E-state index < -0.39 is 5.91 Å². The summed E-state index contributed by atoms with van der Waals surface area (Å²) in [7, 11) is 3.24. The smallest absolute Gasteiger partial charge is 0.248 e. The highest BCUT2D eigenvalue weighted by Crippen LogP contribution is 2.43. The van der Waals surface area contributed by atoms with E-state index in [2.05, 4.69) is 18.8 Å². The molecule has 31 heavy (non-hydrogen) atoms. The molecule has 0 aliphatic heterocycles. The zero-order chi connectivity index (χ0) is 22.1. The molecule has 4 aromatic rings. The topological polar surface area (TPSA) is 87.6 Å². The molecule has 2 N–H and O–H groups in total. The standard InChI is InChI=1S/C25H24N2O4/c1-14(2)16-9-8-15(25(26)28)12-18(16)22-13-19-24(31-22)17(10-11-27-19)23-20(29-3)6-5-7-21(23)30-4/h5-14H,1-4H3,(H2,26,28). The van der Waals surface area contributed by atoms with Crippen LogP contribution in [-0.4, -0.2) is 25.1 Å². The number of nitrogens with two attached hydrogens (primary N) is 1. The van der Waals surface area contributed by atoms with Gasteiger partial charge in [0.2, 0.25) is 5.91 Å². The number of ether oxygens (including phenoxy) is 2. The first kappa shape index (κ1) is 20.5. The van der Waals surface area contributed by atoms with Gasteiger partial charge in [0.25, 0.3) is 0 Å². The Kier molecular flexibility index (Phi) is 5.38. The maximum Gasteiger partial charge on any atom is 0.248 e. The Hall–Kier alpha value is -3.80. The lowest BCUT2D eigenvalue weighted by atomic mass is 9.94. The van der Waals surface area contributed by atoms with E-state index in [4.69, 9.17) is 19.6 Å². The fourth-order valence-corrected chi connectivity index (χ4v) is 3.81. The minimum absolute atomic E-state index is 0.229. The van der Waals surface area contributed by atoms with Crippen molar-refractivity contribution in [2.24, 2.45) is 5.73 Å². The van der Waals surface area contributed by atoms with Crippen molar-refractivity contribution < 1.29 is 18.7 Å². The number of carbonyl (C=O) groups excluding carboxylic acids is 1. The number of carbonyl (C=O) groups is 1. The Labute approximate surface area is 180 Å². The third kappa shape index (κ3) is 3.61. The van der Waals surface area contributed by atoms with E-state index in [1.807, 2.05) is 36.4 Å². The predicted octanol–water partition coefficient (Wildman–Crippen LogP) is 5.40. The molecule has 2 aromatic heterocycles. The van der Waals surface area contributed by atoms with Gasteiger partial charge in [-0.05, 0) is 41.8 Å². The number of aromatic nitrogens is 1. The van der Waals surface area contributed by atoms with Crippen molar-refractivity contribution in [2.45, 2.75) is 19.8 Å². The van der Waals surface area contributed by atoms with Crippen molar-refractivity contribution in [2.75, 3.05) is 14.2 Å². The zero-order valence-corrected chi connectivity index (χ0v) is 17.9. The Morgan fingerprint density at radius 1 is 1.00 bits per heavy atom. The van der Waals surface area contributed by atoms with E-state index in [0.29, 0.717) is 33.9 Å². The summed E-state index contributed by atoms with van der Waals surface area (Å²) in [4.78, 5) is 16.3.